The van der Waals surface area contributed by atoms with Gasteiger partial charge in [0.15, 0.2) is 5.13 Å². The van der Waals surface area contributed by atoms with Gasteiger partial charge in [0.1, 0.15) is 12.7 Å². The van der Waals surface area contributed by atoms with Crippen LogP contribution >= 0.6 is 11.3 Å². The summed E-state index contributed by atoms with van der Waals surface area (Å²) < 4.78 is 1.68. The molecule has 0 fully saturated rings. The predicted molar refractivity (Wildman–Crippen MR) is 84.0 cm³/mol. The molecule has 1 atom stereocenters. The molecular weight excluding hydrogens is 300 g/mol. The van der Waals surface area contributed by atoms with Crippen LogP contribution in [-0.2, 0) is 0 Å². The van der Waals surface area contributed by atoms with Gasteiger partial charge in [0.2, 0.25) is 0 Å². The normalized spacial score (nSPS) is 11.9. The number of rotatable bonds is 4. The molecule has 0 saturated heterocycles. The van der Waals surface area contributed by atoms with E-state index < -0.39 is 0 Å². The van der Waals surface area contributed by atoms with Crippen molar-refractivity contribution in [3.63, 3.8) is 0 Å². The summed E-state index contributed by atoms with van der Waals surface area (Å²) >= 11 is 1.38. The molecule has 2 aromatic heterocycles. The highest BCUT2D eigenvalue weighted by Crippen LogP contribution is 2.16. The van der Waals surface area contributed by atoms with Gasteiger partial charge < -0.3 is 5.32 Å². The van der Waals surface area contributed by atoms with E-state index in [4.69, 9.17) is 0 Å². The first-order chi connectivity index (χ1) is 10.7. The smallest absolute Gasteiger partial charge is 0.321 e. The lowest BCUT2D eigenvalue weighted by molar-refractivity contribution is 0.249. The molecule has 0 unspecified atom stereocenters. The first kappa shape index (κ1) is 14.2. The predicted octanol–water partition coefficient (Wildman–Crippen LogP) is 2.61. The van der Waals surface area contributed by atoms with Gasteiger partial charge in [0.25, 0.3) is 0 Å². The number of carbonyl (C=O) groups excluding carboxylic acids is 1. The average molecular weight is 314 g/mol. The van der Waals surface area contributed by atoms with Crippen molar-refractivity contribution in [3.8, 4) is 5.69 Å². The molecule has 2 heterocycles. The maximum Gasteiger partial charge on any atom is 0.321 e. The summed E-state index contributed by atoms with van der Waals surface area (Å²) in [5, 5.41) is 12.0. The lowest BCUT2D eigenvalue weighted by atomic mass is 10.1. The topological polar surface area (TPSA) is 84.7 Å². The van der Waals surface area contributed by atoms with Crippen molar-refractivity contribution in [1.29, 1.82) is 0 Å². The number of nitrogens with one attached hydrogen (secondary N) is 2. The van der Waals surface area contributed by atoms with E-state index in [2.05, 4.69) is 25.7 Å². The summed E-state index contributed by atoms with van der Waals surface area (Å²) in [5.74, 6) is 0. The lowest BCUT2D eigenvalue weighted by Gasteiger charge is -2.14. The number of carbonyl (C=O) groups is 1. The zero-order valence-corrected chi connectivity index (χ0v) is 12.6. The number of thiazole rings is 1. The third-order valence-corrected chi connectivity index (χ3v) is 3.77. The third-order valence-electron chi connectivity index (χ3n) is 3.08. The molecule has 0 spiro atoms. The molecule has 1 aromatic carbocycles. The van der Waals surface area contributed by atoms with Crippen molar-refractivity contribution in [2.24, 2.45) is 0 Å². The summed E-state index contributed by atoms with van der Waals surface area (Å²) in [4.78, 5) is 19.8. The number of nitrogens with zero attached hydrogens (tertiary/aromatic N) is 4. The second-order valence-corrected chi connectivity index (χ2v) is 5.48. The van der Waals surface area contributed by atoms with Crippen LogP contribution in [0.3, 0.4) is 0 Å². The van der Waals surface area contributed by atoms with E-state index in [0.29, 0.717) is 5.13 Å². The number of hydrogen-bond donors (Lipinski definition) is 2. The molecular formula is C14H14N6OS. The number of urea groups is 1. The Morgan fingerprint density at radius 1 is 1.32 bits per heavy atom. The molecule has 0 aliphatic carbocycles. The summed E-state index contributed by atoms with van der Waals surface area (Å²) in [6, 6.07) is 7.37. The van der Waals surface area contributed by atoms with Gasteiger partial charge in [-0.3, -0.25) is 5.32 Å². The molecule has 2 N–H and O–H groups in total. The van der Waals surface area contributed by atoms with E-state index in [0.717, 1.165) is 11.3 Å². The van der Waals surface area contributed by atoms with Crippen LogP contribution in [0.5, 0.6) is 0 Å². The van der Waals surface area contributed by atoms with E-state index in [1.807, 2.05) is 36.6 Å². The fourth-order valence-electron chi connectivity index (χ4n) is 1.96. The first-order valence-corrected chi connectivity index (χ1v) is 7.52. The third kappa shape index (κ3) is 3.29. The van der Waals surface area contributed by atoms with E-state index in [1.165, 1.54) is 17.7 Å². The molecule has 3 aromatic rings. The van der Waals surface area contributed by atoms with Crippen LogP contribution in [0.2, 0.25) is 0 Å². The maximum atomic E-state index is 11.9. The molecule has 0 radical (unpaired) electrons. The van der Waals surface area contributed by atoms with E-state index in [9.17, 15) is 4.79 Å². The van der Waals surface area contributed by atoms with Crippen LogP contribution in [0.15, 0.2) is 48.5 Å². The Bertz CT molecular complexity index is 723. The number of benzene rings is 1. The summed E-state index contributed by atoms with van der Waals surface area (Å²) in [5.41, 5.74) is 1.92. The molecule has 0 bridgehead atoms. The Kier molecular flexibility index (Phi) is 4.10. The van der Waals surface area contributed by atoms with Gasteiger partial charge in [-0.2, -0.15) is 5.10 Å². The lowest BCUT2D eigenvalue weighted by Crippen LogP contribution is -2.31. The Morgan fingerprint density at radius 3 is 2.77 bits per heavy atom. The Hall–Kier alpha value is -2.74. The quantitative estimate of drug-likeness (QED) is 0.775. The van der Waals surface area contributed by atoms with Crippen molar-refractivity contribution in [2.45, 2.75) is 13.0 Å². The van der Waals surface area contributed by atoms with E-state index >= 15 is 0 Å². The van der Waals surface area contributed by atoms with Crippen molar-refractivity contribution >= 4 is 22.5 Å². The van der Waals surface area contributed by atoms with Crippen LogP contribution in [0, 0.1) is 0 Å². The summed E-state index contributed by atoms with van der Waals surface area (Å²) in [6.07, 6.45) is 4.77. The largest absolute Gasteiger partial charge is 0.331 e. The highest BCUT2D eigenvalue weighted by atomic mass is 32.1. The highest BCUT2D eigenvalue weighted by molar-refractivity contribution is 7.13. The van der Waals surface area contributed by atoms with Crippen LogP contribution in [0.4, 0.5) is 9.93 Å². The minimum atomic E-state index is -0.275. The van der Waals surface area contributed by atoms with Gasteiger partial charge in [0, 0.05) is 11.6 Å². The van der Waals surface area contributed by atoms with E-state index in [1.54, 1.807) is 17.2 Å². The number of aromatic nitrogens is 4. The first-order valence-electron chi connectivity index (χ1n) is 6.64. The Balaban J connectivity index is 1.62. The van der Waals surface area contributed by atoms with Crippen LogP contribution < -0.4 is 10.6 Å². The Labute approximate surface area is 131 Å². The highest BCUT2D eigenvalue weighted by Gasteiger charge is 2.10. The van der Waals surface area contributed by atoms with Gasteiger partial charge in [-0.05, 0) is 24.6 Å². The zero-order chi connectivity index (χ0) is 15.4. The van der Waals surface area contributed by atoms with Crippen LogP contribution in [-0.4, -0.2) is 25.8 Å². The Morgan fingerprint density at radius 2 is 2.14 bits per heavy atom. The standard InChI is InChI=1S/C14H14N6OS/c1-10(18-13(21)19-14-16-6-7-22-14)11-2-4-12(5-3-11)20-9-15-8-17-20/h2-10H,1H3,(H2,16,18,19,21)/t10-/m0/s1. The molecule has 0 aliphatic heterocycles. The number of amides is 2. The minimum absolute atomic E-state index is 0.121. The molecule has 22 heavy (non-hydrogen) atoms. The van der Waals surface area contributed by atoms with Gasteiger partial charge >= 0.3 is 6.03 Å². The average Bonchev–Trinajstić information content (AvgIpc) is 3.20. The van der Waals surface area contributed by atoms with Crippen LogP contribution in [0.25, 0.3) is 5.69 Å². The van der Waals surface area contributed by atoms with E-state index in [-0.39, 0.29) is 12.1 Å². The fourth-order valence-corrected chi connectivity index (χ4v) is 2.48. The number of hydrogen-bond acceptors (Lipinski definition) is 5. The van der Waals surface area contributed by atoms with Crippen molar-refractivity contribution in [2.75, 3.05) is 5.32 Å². The van der Waals surface area contributed by atoms with Gasteiger partial charge in [0.05, 0.1) is 11.7 Å². The van der Waals surface area contributed by atoms with Crippen LogP contribution in [0.1, 0.15) is 18.5 Å². The summed E-state index contributed by atoms with van der Waals surface area (Å²) in [6.45, 7) is 1.92. The molecule has 7 nitrogen and oxygen atoms in total. The molecule has 0 saturated carbocycles. The van der Waals surface area contributed by atoms with Gasteiger partial charge in [-0.25, -0.2) is 19.4 Å². The second-order valence-electron chi connectivity index (χ2n) is 4.59. The molecule has 112 valence electrons. The molecule has 3 rings (SSSR count). The van der Waals surface area contributed by atoms with Crippen molar-refractivity contribution in [1.82, 2.24) is 25.1 Å². The molecule has 8 heteroatoms. The van der Waals surface area contributed by atoms with Gasteiger partial charge in [-0.1, -0.05) is 12.1 Å². The zero-order valence-electron chi connectivity index (χ0n) is 11.8. The number of anilines is 1. The maximum absolute atomic E-state index is 11.9. The molecule has 0 aliphatic rings. The van der Waals surface area contributed by atoms with Crippen molar-refractivity contribution in [3.05, 3.63) is 54.1 Å². The summed E-state index contributed by atoms with van der Waals surface area (Å²) in [7, 11) is 0. The second kappa shape index (κ2) is 6.35. The van der Waals surface area contributed by atoms with Gasteiger partial charge in [-0.15, -0.1) is 11.3 Å². The minimum Gasteiger partial charge on any atom is -0.331 e. The SMILES string of the molecule is C[C@H](NC(=O)Nc1nccs1)c1ccc(-n2cncn2)cc1. The fraction of sp³-hybridized carbons (Fsp3) is 0.143. The van der Waals surface area contributed by atoms with Crippen molar-refractivity contribution < 1.29 is 4.79 Å². The molecule has 2 amide bonds. The monoisotopic (exact) mass is 314 g/mol.